The Hall–Kier alpha value is -0.210. The summed E-state index contributed by atoms with van der Waals surface area (Å²) in [6.45, 7) is 2.22. The molecule has 0 aliphatic carbocycles. The number of alkyl halides is 1. The van der Waals surface area contributed by atoms with Crippen molar-refractivity contribution in [3.05, 3.63) is 18.2 Å². The molecule has 0 saturated carbocycles. The summed E-state index contributed by atoms with van der Waals surface area (Å²) in [6, 6.07) is 0. The third-order valence-corrected chi connectivity index (χ3v) is 2.86. The zero-order chi connectivity index (χ0) is 10.4. The van der Waals surface area contributed by atoms with Crippen molar-refractivity contribution in [2.45, 2.75) is 44.4 Å². The lowest BCUT2D eigenvalue weighted by Gasteiger charge is -2.08. The first kappa shape index (κ1) is 14.8. The number of nitrogens with zero attached hydrogens (tertiary/aromatic N) is 2. The first-order valence-corrected chi connectivity index (χ1v) is 5.80. The Morgan fingerprint density at radius 2 is 2.13 bits per heavy atom. The average Bonchev–Trinajstić information content (AvgIpc) is 2.59. The second-order valence-electron chi connectivity index (χ2n) is 3.71. The molecular weight excluding hydrogens is 231 g/mol. The SMILES string of the molecule is CCCCCCC(Cl)c1nccn1C.Cl. The smallest absolute Gasteiger partial charge is 0.126 e. The second-order valence-corrected chi connectivity index (χ2v) is 4.24. The Morgan fingerprint density at radius 1 is 1.40 bits per heavy atom. The predicted octanol–water partition coefficient (Wildman–Crippen LogP) is 4.09. The highest BCUT2D eigenvalue weighted by Gasteiger charge is 2.11. The molecule has 0 amide bonds. The molecule has 0 aliphatic rings. The van der Waals surface area contributed by atoms with E-state index < -0.39 is 0 Å². The molecule has 0 spiro atoms. The molecule has 1 aromatic heterocycles. The van der Waals surface area contributed by atoms with Crippen LogP contribution in [0.1, 0.15) is 50.2 Å². The van der Waals surface area contributed by atoms with Crippen LogP contribution in [-0.4, -0.2) is 9.55 Å². The molecule has 1 heterocycles. The van der Waals surface area contributed by atoms with Crippen LogP contribution in [0.4, 0.5) is 0 Å². The van der Waals surface area contributed by atoms with E-state index >= 15 is 0 Å². The topological polar surface area (TPSA) is 17.8 Å². The van der Waals surface area contributed by atoms with Crippen molar-refractivity contribution in [3.63, 3.8) is 0 Å². The largest absolute Gasteiger partial charge is 0.337 e. The first-order chi connectivity index (χ1) is 6.75. The van der Waals surface area contributed by atoms with Crippen molar-refractivity contribution in [3.8, 4) is 0 Å². The van der Waals surface area contributed by atoms with Gasteiger partial charge in [0.15, 0.2) is 0 Å². The van der Waals surface area contributed by atoms with E-state index in [0.717, 1.165) is 12.2 Å². The second kappa shape index (κ2) is 8.00. The van der Waals surface area contributed by atoms with Gasteiger partial charge in [-0.1, -0.05) is 32.6 Å². The maximum atomic E-state index is 6.25. The number of hydrogen-bond donors (Lipinski definition) is 0. The minimum absolute atomic E-state index is 0. The van der Waals surface area contributed by atoms with Gasteiger partial charge in [-0.25, -0.2) is 4.98 Å². The van der Waals surface area contributed by atoms with E-state index in [1.165, 1.54) is 25.7 Å². The molecule has 1 aromatic rings. The van der Waals surface area contributed by atoms with Crippen LogP contribution in [0.3, 0.4) is 0 Å². The van der Waals surface area contributed by atoms with E-state index in [-0.39, 0.29) is 17.8 Å². The zero-order valence-electron chi connectivity index (χ0n) is 9.45. The van der Waals surface area contributed by atoms with Crippen LogP contribution in [0.2, 0.25) is 0 Å². The number of aromatic nitrogens is 2. The fourth-order valence-corrected chi connectivity index (χ4v) is 1.92. The lowest BCUT2D eigenvalue weighted by molar-refractivity contribution is 0.603. The summed E-state index contributed by atoms with van der Waals surface area (Å²) >= 11 is 6.25. The summed E-state index contributed by atoms with van der Waals surface area (Å²) in [4.78, 5) is 4.25. The molecule has 0 bridgehead atoms. The molecule has 4 heteroatoms. The van der Waals surface area contributed by atoms with Gasteiger partial charge in [0.1, 0.15) is 5.82 Å². The summed E-state index contributed by atoms with van der Waals surface area (Å²) in [7, 11) is 1.99. The third kappa shape index (κ3) is 4.89. The molecule has 0 saturated heterocycles. The van der Waals surface area contributed by atoms with Gasteiger partial charge >= 0.3 is 0 Å². The molecule has 1 atom stereocenters. The lowest BCUT2D eigenvalue weighted by Crippen LogP contribution is -2.00. The highest BCUT2D eigenvalue weighted by atomic mass is 35.5. The molecule has 2 nitrogen and oxygen atoms in total. The number of halogens is 2. The van der Waals surface area contributed by atoms with Gasteiger partial charge in [0, 0.05) is 19.4 Å². The highest BCUT2D eigenvalue weighted by Crippen LogP contribution is 2.24. The van der Waals surface area contributed by atoms with Gasteiger partial charge < -0.3 is 4.57 Å². The minimum atomic E-state index is 0. The zero-order valence-corrected chi connectivity index (χ0v) is 11.0. The van der Waals surface area contributed by atoms with Crippen molar-refractivity contribution >= 4 is 24.0 Å². The van der Waals surface area contributed by atoms with Crippen molar-refractivity contribution in [2.75, 3.05) is 0 Å². The Labute approximate surface area is 103 Å². The van der Waals surface area contributed by atoms with E-state index in [4.69, 9.17) is 11.6 Å². The molecule has 0 N–H and O–H groups in total. The van der Waals surface area contributed by atoms with Crippen molar-refractivity contribution < 1.29 is 0 Å². The van der Waals surface area contributed by atoms with Crippen LogP contribution in [-0.2, 0) is 7.05 Å². The molecule has 88 valence electrons. The van der Waals surface area contributed by atoms with Crippen molar-refractivity contribution in [1.29, 1.82) is 0 Å². The van der Waals surface area contributed by atoms with Gasteiger partial charge in [0.25, 0.3) is 0 Å². The Balaban J connectivity index is 0.00000196. The average molecular weight is 251 g/mol. The molecule has 1 unspecified atom stereocenters. The molecule has 0 aliphatic heterocycles. The summed E-state index contributed by atoms with van der Waals surface area (Å²) in [5, 5.41) is 0.0758. The molecule has 1 rings (SSSR count). The van der Waals surface area contributed by atoms with Crippen LogP contribution in [0.25, 0.3) is 0 Å². The lowest BCUT2D eigenvalue weighted by atomic mass is 10.1. The van der Waals surface area contributed by atoms with E-state index in [1.807, 2.05) is 17.8 Å². The quantitative estimate of drug-likeness (QED) is 0.550. The van der Waals surface area contributed by atoms with E-state index in [1.54, 1.807) is 6.20 Å². The maximum absolute atomic E-state index is 6.25. The number of rotatable bonds is 6. The van der Waals surface area contributed by atoms with Gasteiger partial charge in [-0.05, 0) is 6.42 Å². The van der Waals surface area contributed by atoms with E-state index in [9.17, 15) is 0 Å². The summed E-state index contributed by atoms with van der Waals surface area (Å²) < 4.78 is 2.00. The molecule has 15 heavy (non-hydrogen) atoms. The standard InChI is InChI=1S/C11H19ClN2.ClH/c1-3-4-5-6-7-10(12)11-13-8-9-14(11)2;/h8-10H,3-7H2,1-2H3;1H. The van der Waals surface area contributed by atoms with Crippen LogP contribution >= 0.6 is 24.0 Å². The van der Waals surface area contributed by atoms with Crippen LogP contribution in [0, 0.1) is 0 Å². The Bertz CT molecular complexity index is 261. The monoisotopic (exact) mass is 250 g/mol. The van der Waals surface area contributed by atoms with Crippen LogP contribution in [0.5, 0.6) is 0 Å². The van der Waals surface area contributed by atoms with Gasteiger partial charge in [0.05, 0.1) is 5.38 Å². The summed E-state index contributed by atoms with van der Waals surface area (Å²) in [6.07, 6.45) is 9.85. The fraction of sp³-hybridized carbons (Fsp3) is 0.727. The normalized spacial score (nSPS) is 12.2. The van der Waals surface area contributed by atoms with Crippen LogP contribution < -0.4 is 0 Å². The molecular formula is C11H20Cl2N2. The van der Waals surface area contributed by atoms with Gasteiger partial charge in [-0.15, -0.1) is 24.0 Å². The first-order valence-electron chi connectivity index (χ1n) is 5.37. The number of aryl methyl sites for hydroxylation is 1. The summed E-state index contributed by atoms with van der Waals surface area (Å²) in [5.41, 5.74) is 0. The summed E-state index contributed by atoms with van der Waals surface area (Å²) in [5.74, 6) is 0.989. The fourth-order valence-electron chi connectivity index (χ4n) is 1.56. The van der Waals surface area contributed by atoms with Crippen molar-refractivity contribution in [2.24, 2.45) is 7.05 Å². The van der Waals surface area contributed by atoms with Crippen molar-refractivity contribution in [1.82, 2.24) is 9.55 Å². The number of hydrogen-bond acceptors (Lipinski definition) is 1. The Morgan fingerprint density at radius 3 is 2.67 bits per heavy atom. The highest BCUT2D eigenvalue weighted by molar-refractivity contribution is 6.20. The molecule has 0 fully saturated rings. The minimum Gasteiger partial charge on any atom is -0.337 e. The van der Waals surface area contributed by atoms with Gasteiger partial charge in [0.2, 0.25) is 0 Å². The predicted molar refractivity (Wildman–Crippen MR) is 67.8 cm³/mol. The van der Waals surface area contributed by atoms with Gasteiger partial charge in [-0.3, -0.25) is 0 Å². The van der Waals surface area contributed by atoms with Crippen LogP contribution in [0.15, 0.2) is 12.4 Å². The third-order valence-electron chi connectivity index (χ3n) is 2.45. The van der Waals surface area contributed by atoms with E-state index in [2.05, 4.69) is 11.9 Å². The van der Waals surface area contributed by atoms with E-state index in [0.29, 0.717) is 0 Å². The van der Waals surface area contributed by atoms with Gasteiger partial charge in [-0.2, -0.15) is 0 Å². The maximum Gasteiger partial charge on any atom is 0.126 e. The Kier molecular flexibility index (Phi) is 7.89. The molecule has 0 radical (unpaired) electrons. The number of unbranched alkanes of at least 4 members (excludes halogenated alkanes) is 3. The molecule has 0 aromatic carbocycles. The number of imidazole rings is 1.